The van der Waals surface area contributed by atoms with E-state index in [1.807, 2.05) is 20.8 Å². The Morgan fingerprint density at radius 2 is 2.06 bits per heavy atom. The van der Waals surface area contributed by atoms with Crippen LogP contribution in [0.2, 0.25) is 0 Å². The lowest BCUT2D eigenvalue weighted by atomic mass is 10.1. The third-order valence-electron chi connectivity index (χ3n) is 1.76. The minimum Gasteiger partial charge on any atom is -0.456 e. The van der Waals surface area contributed by atoms with Crippen molar-refractivity contribution >= 4 is 5.97 Å². The molecular weight excluding hydrogens is 214 g/mol. The predicted molar refractivity (Wildman–Crippen MR) is 64.1 cm³/mol. The van der Waals surface area contributed by atoms with Gasteiger partial charge in [-0.2, -0.15) is 5.26 Å². The molecule has 1 rings (SSSR count). The number of benzene rings is 1. The fraction of sp³-hybridized carbons (Fsp3) is 0.286. The van der Waals surface area contributed by atoms with Gasteiger partial charge in [-0.1, -0.05) is 12.0 Å². The van der Waals surface area contributed by atoms with E-state index in [0.29, 0.717) is 11.1 Å². The van der Waals surface area contributed by atoms with Gasteiger partial charge in [-0.3, -0.25) is 0 Å². The van der Waals surface area contributed by atoms with Crippen molar-refractivity contribution in [2.45, 2.75) is 26.4 Å². The fourth-order valence-corrected chi connectivity index (χ4v) is 1.16. The molecule has 3 heteroatoms. The predicted octanol–water partition coefficient (Wildman–Crippen LogP) is 2.52. The number of rotatable bonds is 1. The number of ether oxygens (including phenoxy) is 1. The molecule has 0 spiro atoms. The largest absolute Gasteiger partial charge is 0.456 e. The van der Waals surface area contributed by atoms with Crippen LogP contribution in [0.25, 0.3) is 0 Å². The lowest BCUT2D eigenvalue weighted by Crippen LogP contribution is -2.23. The number of hydrogen-bond donors (Lipinski definition) is 0. The van der Waals surface area contributed by atoms with Crippen LogP contribution in [-0.4, -0.2) is 11.6 Å². The van der Waals surface area contributed by atoms with Gasteiger partial charge in [0.15, 0.2) is 6.07 Å². The molecule has 0 aliphatic rings. The molecule has 0 atom stereocenters. The molecule has 0 unspecified atom stereocenters. The Hall–Kier alpha value is -2.26. The van der Waals surface area contributed by atoms with E-state index in [0.717, 1.165) is 0 Å². The highest BCUT2D eigenvalue weighted by atomic mass is 16.6. The Bertz CT molecular complexity index is 522. The van der Waals surface area contributed by atoms with Crippen molar-refractivity contribution < 1.29 is 9.53 Å². The molecule has 1 aromatic rings. The molecule has 0 radical (unpaired) electrons. The summed E-state index contributed by atoms with van der Waals surface area (Å²) in [6, 6.07) is 8.44. The summed E-state index contributed by atoms with van der Waals surface area (Å²) in [4.78, 5) is 11.8. The van der Waals surface area contributed by atoms with Crippen molar-refractivity contribution in [1.82, 2.24) is 0 Å². The third-order valence-corrected chi connectivity index (χ3v) is 1.76. The molecular formula is C14H13NO2. The Morgan fingerprint density at radius 3 is 2.65 bits per heavy atom. The van der Waals surface area contributed by atoms with E-state index in [9.17, 15) is 4.79 Å². The first kappa shape index (κ1) is 12.8. The Labute approximate surface area is 101 Å². The van der Waals surface area contributed by atoms with Gasteiger partial charge in [-0.25, -0.2) is 4.79 Å². The highest BCUT2D eigenvalue weighted by molar-refractivity contribution is 5.90. The maximum Gasteiger partial charge on any atom is 0.338 e. The van der Waals surface area contributed by atoms with Gasteiger partial charge in [0.25, 0.3) is 0 Å². The van der Waals surface area contributed by atoms with E-state index in [4.69, 9.17) is 10.00 Å². The van der Waals surface area contributed by atoms with Crippen LogP contribution in [0.5, 0.6) is 0 Å². The third kappa shape index (κ3) is 4.40. The van der Waals surface area contributed by atoms with Crippen molar-refractivity contribution in [2.24, 2.45) is 0 Å². The lowest BCUT2D eigenvalue weighted by molar-refractivity contribution is 0.00695. The van der Waals surface area contributed by atoms with Crippen molar-refractivity contribution in [1.29, 1.82) is 5.26 Å². The molecule has 0 heterocycles. The molecule has 0 bridgehead atoms. The van der Waals surface area contributed by atoms with Gasteiger partial charge in [0.2, 0.25) is 0 Å². The van der Waals surface area contributed by atoms with Gasteiger partial charge in [0.1, 0.15) is 5.60 Å². The topological polar surface area (TPSA) is 50.1 Å². The number of carbonyl (C=O) groups is 1. The second kappa shape index (κ2) is 5.18. The van der Waals surface area contributed by atoms with E-state index in [-0.39, 0.29) is 0 Å². The second-order valence-corrected chi connectivity index (χ2v) is 4.44. The zero-order valence-corrected chi connectivity index (χ0v) is 10.1. The average molecular weight is 227 g/mol. The van der Waals surface area contributed by atoms with E-state index >= 15 is 0 Å². The lowest BCUT2D eigenvalue weighted by Gasteiger charge is -2.19. The van der Waals surface area contributed by atoms with Crippen LogP contribution in [-0.2, 0) is 4.74 Å². The highest BCUT2D eigenvalue weighted by Crippen LogP contribution is 2.12. The molecule has 0 aliphatic heterocycles. The Kier molecular flexibility index (Phi) is 3.91. The summed E-state index contributed by atoms with van der Waals surface area (Å²) in [5, 5.41) is 8.34. The zero-order valence-electron chi connectivity index (χ0n) is 10.1. The summed E-state index contributed by atoms with van der Waals surface area (Å²) < 4.78 is 5.23. The van der Waals surface area contributed by atoms with Gasteiger partial charge in [0, 0.05) is 11.5 Å². The minimum absolute atomic E-state index is 0.391. The van der Waals surface area contributed by atoms with Crippen molar-refractivity contribution in [3.8, 4) is 17.9 Å². The van der Waals surface area contributed by atoms with Gasteiger partial charge in [-0.05, 0) is 39.0 Å². The molecule has 86 valence electrons. The first-order valence-electron chi connectivity index (χ1n) is 5.16. The summed E-state index contributed by atoms with van der Waals surface area (Å²) in [7, 11) is 0. The maximum atomic E-state index is 11.8. The molecule has 0 saturated carbocycles. The summed E-state index contributed by atoms with van der Waals surface area (Å²) in [5.41, 5.74) is 0.533. The molecule has 0 N–H and O–H groups in total. The zero-order chi connectivity index (χ0) is 12.9. The minimum atomic E-state index is -0.522. The van der Waals surface area contributed by atoms with Crippen LogP contribution < -0.4 is 0 Å². The molecule has 0 aromatic heterocycles. The van der Waals surface area contributed by atoms with Crippen molar-refractivity contribution in [3.05, 3.63) is 35.4 Å². The summed E-state index contributed by atoms with van der Waals surface area (Å²) in [6.07, 6.45) is 0. The van der Waals surface area contributed by atoms with Crippen LogP contribution in [0.1, 0.15) is 36.7 Å². The smallest absolute Gasteiger partial charge is 0.338 e. The monoisotopic (exact) mass is 227 g/mol. The van der Waals surface area contributed by atoms with Crippen molar-refractivity contribution in [2.75, 3.05) is 0 Å². The van der Waals surface area contributed by atoms with Crippen LogP contribution in [0.15, 0.2) is 24.3 Å². The van der Waals surface area contributed by atoms with E-state index in [2.05, 4.69) is 11.8 Å². The van der Waals surface area contributed by atoms with E-state index in [1.165, 1.54) is 0 Å². The van der Waals surface area contributed by atoms with Gasteiger partial charge in [-0.15, -0.1) is 0 Å². The van der Waals surface area contributed by atoms with Crippen LogP contribution >= 0.6 is 0 Å². The second-order valence-electron chi connectivity index (χ2n) is 4.44. The van der Waals surface area contributed by atoms with Gasteiger partial charge in [0.05, 0.1) is 5.56 Å². The molecule has 1 aromatic carbocycles. The summed E-state index contributed by atoms with van der Waals surface area (Å²) >= 11 is 0. The quantitative estimate of drug-likeness (QED) is 0.547. The van der Waals surface area contributed by atoms with Gasteiger partial charge >= 0.3 is 5.97 Å². The van der Waals surface area contributed by atoms with Crippen molar-refractivity contribution in [3.63, 3.8) is 0 Å². The SMILES string of the molecule is CC(C)(C)OC(=O)c1cccc(C#CC#N)c1. The summed E-state index contributed by atoms with van der Waals surface area (Å²) in [5.74, 6) is 4.53. The highest BCUT2D eigenvalue weighted by Gasteiger charge is 2.17. The standard InChI is InChI=1S/C14H13NO2/c1-14(2,3)17-13(16)12-8-4-6-11(10-12)7-5-9-15/h4,6,8,10H,1-3H3. The first-order chi connectivity index (χ1) is 7.92. The number of nitriles is 1. The Balaban J connectivity index is 2.93. The first-order valence-corrected chi connectivity index (χ1v) is 5.16. The number of nitrogens with zero attached hydrogens (tertiary/aromatic N) is 1. The maximum absolute atomic E-state index is 11.8. The fourth-order valence-electron chi connectivity index (χ4n) is 1.16. The molecule has 3 nitrogen and oxygen atoms in total. The average Bonchev–Trinajstić information content (AvgIpc) is 2.24. The van der Waals surface area contributed by atoms with E-state index < -0.39 is 11.6 Å². The van der Waals surface area contributed by atoms with Gasteiger partial charge < -0.3 is 4.74 Å². The van der Waals surface area contributed by atoms with Crippen LogP contribution in [0.4, 0.5) is 0 Å². The number of carbonyl (C=O) groups excluding carboxylic acids is 1. The molecule has 0 aliphatic carbocycles. The Morgan fingerprint density at radius 1 is 1.35 bits per heavy atom. The molecule has 0 saturated heterocycles. The molecule has 17 heavy (non-hydrogen) atoms. The van der Waals surface area contributed by atoms with Crippen LogP contribution in [0, 0.1) is 23.2 Å². The van der Waals surface area contributed by atoms with E-state index in [1.54, 1.807) is 30.3 Å². The normalized spacial score (nSPS) is 9.76. The van der Waals surface area contributed by atoms with Crippen LogP contribution in [0.3, 0.4) is 0 Å². The molecule has 0 amide bonds. The molecule has 0 fully saturated rings. The number of esters is 1. The number of hydrogen-bond acceptors (Lipinski definition) is 3. The summed E-state index contributed by atoms with van der Waals surface area (Å²) in [6.45, 7) is 5.43.